The average molecular weight is 180 g/mol. The Morgan fingerprint density at radius 2 is 2.00 bits per heavy atom. The highest BCUT2D eigenvalue weighted by atomic mass is 16.3. The highest BCUT2D eigenvalue weighted by Gasteiger charge is 2.11. The fourth-order valence-electron chi connectivity index (χ4n) is 1.26. The molecule has 0 saturated carbocycles. The van der Waals surface area contributed by atoms with Gasteiger partial charge >= 0.3 is 0 Å². The molecule has 0 aromatic heterocycles. The van der Waals surface area contributed by atoms with Gasteiger partial charge in [0.05, 0.1) is 12.7 Å². The van der Waals surface area contributed by atoms with Gasteiger partial charge in [0.25, 0.3) is 0 Å². The summed E-state index contributed by atoms with van der Waals surface area (Å²) in [5.74, 6) is 0.203. The number of rotatable bonds is 3. The van der Waals surface area contributed by atoms with Crippen LogP contribution in [0.15, 0.2) is 24.3 Å². The minimum Gasteiger partial charge on any atom is -0.392 e. The summed E-state index contributed by atoms with van der Waals surface area (Å²) < 4.78 is 0. The highest BCUT2D eigenvalue weighted by molar-refractivity contribution is 5.24. The van der Waals surface area contributed by atoms with Crippen LogP contribution in [-0.2, 0) is 6.61 Å². The number of aliphatic hydroxyl groups is 2. The number of hydrogen-bond donors (Lipinski definition) is 2. The molecule has 0 aliphatic rings. The first-order valence-electron chi connectivity index (χ1n) is 4.53. The van der Waals surface area contributed by atoms with E-state index in [-0.39, 0.29) is 12.5 Å². The molecule has 0 radical (unpaired) electrons. The average Bonchev–Trinajstić information content (AvgIpc) is 2.16. The first-order valence-corrected chi connectivity index (χ1v) is 4.53. The second-order valence-corrected chi connectivity index (χ2v) is 3.59. The van der Waals surface area contributed by atoms with Crippen molar-refractivity contribution in [2.24, 2.45) is 5.92 Å². The molecular formula is C11H16O2. The molecule has 0 amide bonds. The van der Waals surface area contributed by atoms with Crippen LogP contribution in [0.2, 0.25) is 0 Å². The third-order valence-electron chi connectivity index (χ3n) is 2.11. The molecule has 0 saturated heterocycles. The summed E-state index contributed by atoms with van der Waals surface area (Å²) in [5, 5.41) is 18.6. The second kappa shape index (κ2) is 4.40. The third-order valence-corrected chi connectivity index (χ3v) is 2.11. The Morgan fingerprint density at radius 1 is 1.31 bits per heavy atom. The summed E-state index contributed by atoms with van der Waals surface area (Å²) in [4.78, 5) is 0. The third kappa shape index (κ3) is 2.54. The largest absolute Gasteiger partial charge is 0.392 e. The van der Waals surface area contributed by atoms with Crippen LogP contribution in [0.25, 0.3) is 0 Å². The Bertz CT molecular complexity index is 269. The molecule has 0 aliphatic heterocycles. The fourth-order valence-corrected chi connectivity index (χ4v) is 1.26. The van der Waals surface area contributed by atoms with E-state index in [1.807, 2.05) is 38.1 Å². The normalized spacial score (nSPS) is 13.3. The quantitative estimate of drug-likeness (QED) is 0.745. The Kier molecular flexibility index (Phi) is 3.46. The van der Waals surface area contributed by atoms with Gasteiger partial charge in [-0.1, -0.05) is 38.1 Å². The molecule has 0 fully saturated rings. The van der Waals surface area contributed by atoms with E-state index in [4.69, 9.17) is 5.11 Å². The van der Waals surface area contributed by atoms with Crippen LogP contribution in [0, 0.1) is 5.92 Å². The van der Waals surface area contributed by atoms with E-state index in [1.165, 1.54) is 0 Å². The van der Waals surface area contributed by atoms with Gasteiger partial charge in [0, 0.05) is 0 Å². The molecule has 0 heterocycles. The van der Waals surface area contributed by atoms with Crippen molar-refractivity contribution in [2.75, 3.05) is 0 Å². The van der Waals surface area contributed by atoms with Gasteiger partial charge in [-0.05, 0) is 17.0 Å². The highest BCUT2D eigenvalue weighted by Crippen LogP contribution is 2.21. The molecule has 1 rings (SSSR count). The van der Waals surface area contributed by atoms with Crippen molar-refractivity contribution in [3.8, 4) is 0 Å². The maximum Gasteiger partial charge on any atom is 0.0813 e. The number of aliphatic hydroxyl groups excluding tert-OH is 2. The van der Waals surface area contributed by atoms with Crippen LogP contribution < -0.4 is 0 Å². The van der Waals surface area contributed by atoms with Gasteiger partial charge in [-0.25, -0.2) is 0 Å². The molecule has 1 aromatic carbocycles. The Labute approximate surface area is 78.8 Å². The molecule has 2 heteroatoms. The zero-order valence-electron chi connectivity index (χ0n) is 8.07. The van der Waals surface area contributed by atoms with Crippen LogP contribution in [0.3, 0.4) is 0 Å². The molecule has 1 aromatic rings. The molecule has 1 unspecified atom stereocenters. The SMILES string of the molecule is CC(C)C(O)c1cccc(CO)c1. The lowest BCUT2D eigenvalue weighted by molar-refractivity contribution is 0.126. The van der Waals surface area contributed by atoms with Gasteiger partial charge in [0.1, 0.15) is 0 Å². The van der Waals surface area contributed by atoms with Gasteiger partial charge < -0.3 is 10.2 Å². The van der Waals surface area contributed by atoms with Crippen LogP contribution in [0.4, 0.5) is 0 Å². The summed E-state index contributed by atoms with van der Waals surface area (Å²) in [6.45, 7) is 3.96. The maximum atomic E-state index is 9.74. The van der Waals surface area contributed by atoms with E-state index in [1.54, 1.807) is 0 Å². The van der Waals surface area contributed by atoms with Gasteiger partial charge in [-0.15, -0.1) is 0 Å². The van der Waals surface area contributed by atoms with E-state index in [0.29, 0.717) is 0 Å². The summed E-state index contributed by atoms with van der Waals surface area (Å²) in [6, 6.07) is 7.41. The summed E-state index contributed by atoms with van der Waals surface area (Å²) >= 11 is 0. The molecule has 1 atom stereocenters. The Morgan fingerprint density at radius 3 is 2.54 bits per heavy atom. The standard InChI is InChI=1S/C11H16O2/c1-8(2)11(13)10-5-3-4-9(6-10)7-12/h3-6,8,11-13H,7H2,1-2H3. The smallest absolute Gasteiger partial charge is 0.0813 e. The number of hydrogen-bond acceptors (Lipinski definition) is 2. The molecule has 2 N–H and O–H groups in total. The molecule has 0 spiro atoms. The van der Waals surface area contributed by atoms with Crippen LogP contribution in [0.1, 0.15) is 31.1 Å². The predicted molar refractivity (Wildman–Crippen MR) is 52.2 cm³/mol. The van der Waals surface area contributed by atoms with E-state index in [9.17, 15) is 5.11 Å². The predicted octanol–water partition coefficient (Wildman–Crippen LogP) is 1.87. The van der Waals surface area contributed by atoms with E-state index < -0.39 is 6.10 Å². The fraction of sp³-hybridized carbons (Fsp3) is 0.455. The lowest BCUT2D eigenvalue weighted by Crippen LogP contribution is -2.05. The number of benzene rings is 1. The van der Waals surface area contributed by atoms with Gasteiger partial charge in [0.2, 0.25) is 0 Å². The van der Waals surface area contributed by atoms with Crippen molar-refractivity contribution in [3.63, 3.8) is 0 Å². The van der Waals surface area contributed by atoms with Gasteiger partial charge in [-0.3, -0.25) is 0 Å². The molecule has 13 heavy (non-hydrogen) atoms. The van der Waals surface area contributed by atoms with Crippen molar-refractivity contribution in [2.45, 2.75) is 26.6 Å². The van der Waals surface area contributed by atoms with Crippen molar-refractivity contribution in [1.82, 2.24) is 0 Å². The molecule has 72 valence electrons. The van der Waals surface area contributed by atoms with Crippen molar-refractivity contribution in [1.29, 1.82) is 0 Å². The monoisotopic (exact) mass is 180 g/mol. The lowest BCUT2D eigenvalue weighted by atomic mass is 9.98. The molecule has 2 nitrogen and oxygen atoms in total. The van der Waals surface area contributed by atoms with Crippen LogP contribution >= 0.6 is 0 Å². The molecule has 0 aliphatic carbocycles. The van der Waals surface area contributed by atoms with Crippen molar-refractivity contribution < 1.29 is 10.2 Å². The molecule has 0 bridgehead atoms. The van der Waals surface area contributed by atoms with Gasteiger partial charge in [0.15, 0.2) is 0 Å². The van der Waals surface area contributed by atoms with Crippen molar-refractivity contribution in [3.05, 3.63) is 35.4 Å². The molecular weight excluding hydrogens is 164 g/mol. The first-order chi connectivity index (χ1) is 6.15. The Balaban J connectivity index is 2.88. The first kappa shape index (κ1) is 10.2. The summed E-state index contributed by atoms with van der Waals surface area (Å²) in [7, 11) is 0. The topological polar surface area (TPSA) is 40.5 Å². The van der Waals surface area contributed by atoms with Crippen LogP contribution in [0.5, 0.6) is 0 Å². The van der Waals surface area contributed by atoms with E-state index in [2.05, 4.69) is 0 Å². The lowest BCUT2D eigenvalue weighted by Gasteiger charge is -2.15. The zero-order valence-corrected chi connectivity index (χ0v) is 8.07. The summed E-state index contributed by atoms with van der Waals surface area (Å²) in [6.07, 6.45) is -0.438. The van der Waals surface area contributed by atoms with E-state index >= 15 is 0 Å². The minimum absolute atomic E-state index is 0.0264. The van der Waals surface area contributed by atoms with E-state index in [0.717, 1.165) is 11.1 Å². The summed E-state index contributed by atoms with van der Waals surface area (Å²) in [5.41, 5.74) is 1.72. The van der Waals surface area contributed by atoms with Crippen molar-refractivity contribution >= 4 is 0 Å². The maximum absolute atomic E-state index is 9.74. The minimum atomic E-state index is -0.438. The zero-order chi connectivity index (χ0) is 9.84. The van der Waals surface area contributed by atoms with Gasteiger partial charge in [-0.2, -0.15) is 0 Å². The van der Waals surface area contributed by atoms with Crippen LogP contribution in [-0.4, -0.2) is 10.2 Å². The Hall–Kier alpha value is -0.860. The second-order valence-electron chi connectivity index (χ2n) is 3.59.